The van der Waals surface area contributed by atoms with E-state index < -0.39 is 0 Å². The van der Waals surface area contributed by atoms with E-state index in [0.717, 1.165) is 16.0 Å². The van der Waals surface area contributed by atoms with Crippen LogP contribution in [-0.2, 0) is 4.12 Å². The maximum absolute atomic E-state index is 5.38. The summed E-state index contributed by atoms with van der Waals surface area (Å²) in [7, 11) is 0.823. The van der Waals surface area contributed by atoms with Crippen LogP contribution >= 0.6 is 0 Å². The lowest BCUT2D eigenvalue weighted by Gasteiger charge is -2.08. The van der Waals surface area contributed by atoms with E-state index in [1.165, 1.54) is 44.9 Å². The molecule has 0 aliphatic heterocycles. The maximum Gasteiger partial charge on any atom is 0.148 e. The lowest BCUT2D eigenvalue weighted by molar-refractivity contribution is 0.564. The van der Waals surface area contributed by atoms with Crippen LogP contribution in [0.25, 0.3) is 0 Å². The Balaban J connectivity index is 2.97. The fraction of sp³-hybridized carbons (Fsp3) is 1.00. The molecule has 0 rings (SSSR count). The van der Waals surface area contributed by atoms with E-state index in [2.05, 4.69) is 13.8 Å². The Kier molecular flexibility index (Phi) is 10.8. The molecule has 0 N–H and O–H groups in total. The molecule has 0 saturated heterocycles. The van der Waals surface area contributed by atoms with Crippen molar-refractivity contribution in [3.05, 3.63) is 0 Å². The molecule has 0 aromatic heterocycles. The van der Waals surface area contributed by atoms with E-state index in [-0.39, 0.29) is 9.76 Å². The average molecular weight is 218 g/mol. The molecule has 0 aliphatic rings. The summed E-state index contributed by atoms with van der Waals surface area (Å²) >= 11 is 0. The third kappa shape index (κ3) is 10.3. The fourth-order valence-corrected chi connectivity index (χ4v) is 4.37. The number of rotatable bonds is 9. The summed E-state index contributed by atoms with van der Waals surface area (Å²) in [6.07, 6.45) is 9.97. The summed E-state index contributed by atoms with van der Waals surface area (Å²) in [6.45, 7) is 4.63. The third-order valence-electron chi connectivity index (χ3n) is 2.50. The second-order valence-electron chi connectivity index (χ2n) is 4.12. The van der Waals surface area contributed by atoms with Crippen molar-refractivity contribution >= 4 is 20.2 Å². The van der Waals surface area contributed by atoms with Crippen molar-refractivity contribution in [1.29, 1.82) is 0 Å². The van der Waals surface area contributed by atoms with Gasteiger partial charge in [0.25, 0.3) is 0 Å². The van der Waals surface area contributed by atoms with E-state index >= 15 is 0 Å². The summed E-state index contributed by atoms with van der Waals surface area (Å²) < 4.78 is 5.38. The van der Waals surface area contributed by atoms with Crippen LogP contribution in [0.15, 0.2) is 0 Å². The van der Waals surface area contributed by atoms with Crippen molar-refractivity contribution < 1.29 is 4.12 Å². The monoisotopic (exact) mass is 218 g/mol. The summed E-state index contributed by atoms with van der Waals surface area (Å²) in [4.78, 5) is 0. The first-order chi connectivity index (χ1) is 6.31. The molecule has 0 aromatic carbocycles. The molecule has 3 heteroatoms. The normalized spacial score (nSPS) is 14.3. The molecule has 0 amide bonds. The Labute approximate surface area is 89.1 Å². The number of hydrogen-bond donors (Lipinski definition) is 0. The van der Waals surface area contributed by atoms with Crippen molar-refractivity contribution in [2.45, 2.75) is 64.3 Å². The van der Waals surface area contributed by atoms with Crippen LogP contribution in [0, 0.1) is 0 Å². The first-order valence-corrected chi connectivity index (χ1v) is 8.01. The van der Waals surface area contributed by atoms with Gasteiger partial charge in [0, 0.05) is 0 Å². The molecular formula is C10H26OSi2. The van der Waals surface area contributed by atoms with Gasteiger partial charge in [-0.2, -0.15) is 0 Å². The standard InChI is InChI=1S/C10H26OSi2/c1-3-4-5-6-7-8-9-10(2)13-11-12/h10H,3-9,13H2,1-2,12H3. The molecular weight excluding hydrogens is 192 g/mol. The van der Waals surface area contributed by atoms with Crippen LogP contribution in [0.3, 0.4) is 0 Å². The molecule has 0 radical (unpaired) electrons. The van der Waals surface area contributed by atoms with E-state index in [0.29, 0.717) is 0 Å². The van der Waals surface area contributed by atoms with Crippen molar-refractivity contribution in [1.82, 2.24) is 0 Å². The Bertz CT molecular complexity index is 98.9. The predicted octanol–water partition coefficient (Wildman–Crippen LogP) is 1.93. The van der Waals surface area contributed by atoms with Crippen LogP contribution in [0.5, 0.6) is 0 Å². The molecule has 1 nitrogen and oxygen atoms in total. The van der Waals surface area contributed by atoms with Gasteiger partial charge in [-0.25, -0.2) is 0 Å². The molecule has 0 spiro atoms. The summed E-state index contributed by atoms with van der Waals surface area (Å²) in [5.41, 5.74) is 0.920. The minimum atomic E-state index is -0.136. The SMILES string of the molecule is CCCCCCCCC(C)[SiH2]O[SiH3]. The van der Waals surface area contributed by atoms with Crippen LogP contribution < -0.4 is 0 Å². The van der Waals surface area contributed by atoms with Gasteiger partial charge in [-0.05, 0) is 5.54 Å². The van der Waals surface area contributed by atoms with Crippen molar-refractivity contribution in [3.63, 3.8) is 0 Å². The Morgan fingerprint density at radius 1 is 1.15 bits per heavy atom. The highest BCUT2D eigenvalue weighted by atomic mass is 28.3. The largest absolute Gasteiger partial charge is 0.468 e. The fourth-order valence-electron chi connectivity index (χ4n) is 1.64. The zero-order valence-corrected chi connectivity index (χ0v) is 13.1. The van der Waals surface area contributed by atoms with Gasteiger partial charge in [0.2, 0.25) is 0 Å². The number of hydrogen-bond acceptors (Lipinski definition) is 1. The maximum atomic E-state index is 5.38. The molecule has 0 saturated carbocycles. The Morgan fingerprint density at radius 2 is 1.77 bits per heavy atom. The van der Waals surface area contributed by atoms with Gasteiger partial charge in [0.15, 0.2) is 0 Å². The molecule has 1 unspecified atom stereocenters. The van der Waals surface area contributed by atoms with E-state index in [1.54, 1.807) is 0 Å². The van der Waals surface area contributed by atoms with Crippen molar-refractivity contribution in [2.75, 3.05) is 0 Å². The highest BCUT2D eigenvalue weighted by Gasteiger charge is 2.00. The van der Waals surface area contributed by atoms with Crippen LogP contribution in [0.4, 0.5) is 0 Å². The first kappa shape index (κ1) is 13.4. The van der Waals surface area contributed by atoms with Crippen molar-refractivity contribution in [2.24, 2.45) is 0 Å². The van der Waals surface area contributed by atoms with Gasteiger partial charge in [0.1, 0.15) is 20.2 Å². The summed E-state index contributed by atoms with van der Waals surface area (Å²) in [5, 5.41) is 0. The van der Waals surface area contributed by atoms with Crippen LogP contribution in [0.1, 0.15) is 58.8 Å². The summed E-state index contributed by atoms with van der Waals surface area (Å²) in [6, 6.07) is 0. The van der Waals surface area contributed by atoms with E-state index in [4.69, 9.17) is 4.12 Å². The number of unbranched alkanes of at least 4 members (excludes halogenated alkanes) is 5. The Morgan fingerprint density at radius 3 is 2.38 bits per heavy atom. The Hall–Kier alpha value is 0.394. The summed E-state index contributed by atoms with van der Waals surface area (Å²) in [5.74, 6) is 0. The lowest BCUT2D eigenvalue weighted by Crippen LogP contribution is -2.02. The third-order valence-corrected chi connectivity index (χ3v) is 4.81. The molecule has 13 heavy (non-hydrogen) atoms. The molecule has 0 bridgehead atoms. The van der Waals surface area contributed by atoms with Gasteiger partial charge in [-0.3, -0.25) is 0 Å². The zero-order chi connectivity index (χ0) is 9.94. The van der Waals surface area contributed by atoms with E-state index in [1.807, 2.05) is 0 Å². The molecule has 0 aromatic rings. The highest BCUT2D eigenvalue weighted by molar-refractivity contribution is 6.35. The van der Waals surface area contributed by atoms with Crippen LogP contribution in [-0.4, -0.2) is 20.2 Å². The molecule has 80 valence electrons. The molecule has 0 fully saturated rings. The van der Waals surface area contributed by atoms with E-state index in [9.17, 15) is 0 Å². The lowest BCUT2D eigenvalue weighted by atomic mass is 10.1. The smallest absolute Gasteiger partial charge is 0.148 e. The van der Waals surface area contributed by atoms with Gasteiger partial charge in [-0.1, -0.05) is 58.8 Å². The van der Waals surface area contributed by atoms with Gasteiger partial charge >= 0.3 is 0 Å². The second-order valence-corrected chi connectivity index (χ2v) is 8.15. The topological polar surface area (TPSA) is 9.23 Å². The van der Waals surface area contributed by atoms with Gasteiger partial charge in [-0.15, -0.1) is 0 Å². The van der Waals surface area contributed by atoms with Crippen LogP contribution in [0.2, 0.25) is 5.54 Å². The quantitative estimate of drug-likeness (QED) is 0.424. The minimum absolute atomic E-state index is 0.136. The average Bonchev–Trinajstić information content (AvgIpc) is 2.11. The molecule has 0 aliphatic carbocycles. The molecule has 1 atom stereocenters. The molecule has 0 heterocycles. The zero-order valence-electron chi connectivity index (χ0n) is 9.64. The minimum Gasteiger partial charge on any atom is -0.468 e. The van der Waals surface area contributed by atoms with Crippen molar-refractivity contribution in [3.8, 4) is 0 Å². The van der Waals surface area contributed by atoms with Gasteiger partial charge < -0.3 is 4.12 Å². The second kappa shape index (κ2) is 10.5. The first-order valence-electron chi connectivity index (χ1n) is 5.80. The van der Waals surface area contributed by atoms with Gasteiger partial charge in [0.05, 0.1) is 0 Å². The predicted molar refractivity (Wildman–Crippen MR) is 67.0 cm³/mol. The highest BCUT2D eigenvalue weighted by Crippen LogP contribution is 2.14.